The van der Waals surface area contributed by atoms with Crippen molar-refractivity contribution in [2.75, 3.05) is 13.2 Å². The lowest BCUT2D eigenvalue weighted by Gasteiger charge is -2.17. The highest BCUT2D eigenvalue weighted by atomic mass is 16.7. The van der Waals surface area contributed by atoms with E-state index in [4.69, 9.17) is 19.9 Å². The van der Waals surface area contributed by atoms with Gasteiger partial charge in [-0.05, 0) is 20.8 Å². The summed E-state index contributed by atoms with van der Waals surface area (Å²) in [7, 11) is 0. The molecular formula is C9H17NO4. The van der Waals surface area contributed by atoms with Crippen molar-refractivity contribution in [1.29, 1.82) is 0 Å². The Bertz CT molecular complexity index is 215. The van der Waals surface area contributed by atoms with Crippen LogP contribution in [0, 0.1) is 0 Å². The van der Waals surface area contributed by atoms with E-state index in [1.54, 1.807) is 6.92 Å². The van der Waals surface area contributed by atoms with E-state index in [0.717, 1.165) is 0 Å². The number of hydrogen-bond donors (Lipinski definition) is 1. The molecule has 0 bridgehead atoms. The predicted molar refractivity (Wildman–Crippen MR) is 49.5 cm³/mol. The van der Waals surface area contributed by atoms with Crippen LogP contribution in [0.1, 0.15) is 20.8 Å². The van der Waals surface area contributed by atoms with Crippen molar-refractivity contribution in [2.24, 2.45) is 5.73 Å². The molecule has 14 heavy (non-hydrogen) atoms. The van der Waals surface area contributed by atoms with Gasteiger partial charge in [-0.15, -0.1) is 0 Å². The first-order chi connectivity index (χ1) is 6.41. The van der Waals surface area contributed by atoms with Crippen LogP contribution in [0.4, 0.5) is 0 Å². The van der Waals surface area contributed by atoms with E-state index >= 15 is 0 Å². The van der Waals surface area contributed by atoms with Gasteiger partial charge < -0.3 is 19.9 Å². The fourth-order valence-corrected chi connectivity index (χ4v) is 1.15. The predicted octanol–water partition coefficient (Wildman–Crippen LogP) is 0.0283. The van der Waals surface area contributed by atoms with E-state index in [0.29, 0.717) is 6.61 Å². The van der Waals surface area contributed by atoms with Crippen LogP contribution in [-0.4, -0.2) is 37.1 Å². The smallest absolute Gasteiger partial charge is 0.322 e. The molecule has 1 fully saturated rings. The first kappa shape index (κ1) is 11.4. The quantitative estimate of drug-likeness (QED) is 0.655. The first-order valence-corrected chi connectivity index (χ1v) is 4.65. The maximum Gasteiger partial charge on any atom is 0.322 e. The first-order valence-electron chi connectivity index (χ1n) is 4.65. The van der Waals surface area contributed by atoms with Crippen molar-refractivity contribution in [3.05, 3.63) is 0 Å². The average Bonchev–Trinajstić information content (AvgIpc) is 2.41. The third kappa shape index (κ3) is 3.25. The van der Waals surface area contributed by atoms with Crippen LogP contribution in [0.15, 0.2) is 0 Å². The minimum Gasteiger partial charge on any atom is -0.462 e. The summed E-state index contributed by atoms with van der Waals surface area (Å²) in [6.07, 6.45) is -0.187. The van der Waals surface area contributed by atoms with Crippen molar-refractivity contribution in [1.82, 2.24) is 0 Å². The molecule has 0 aromatic carbocycles. The zero-order chi connectivity index (χ0) is 10.8. The maximum atomic E-state index is 11.0. The van der Waals surface area contributed by atoms with Crippen LogP contribution < -0.4 is 5.73 Å². The lowest BCUT2D eigenvalue weighted by molar-refractivity contribution is -0.159. The number of ether oxygens (including phenoxy) is 3. The standard InChI is InChI=1S/C9H17NO4/c1-6(10)8(11)12-4-7-5-13-9(2,3)14-7/h6-7H,4-5,10H2,1-3H3/t6?,7-/m0/s1. The largest absolute Gasteiger partial charge is 0.462 e. The summed E-state index contributed by atoms with van der Waals surface area (Å²) in [6.45, 7) is 5.86. The van der Waals surface area contributed by atoms with Gasteiger partial charge in [-0.3, -0.25) is 4.79 Å². The molecule has 1 unspecified atom stereocenters. The van der Waals surface area contributed by atoms with Gasteiger partial charge in [-0.1, -0.05) is 0 Å². The molecule has 5 nitrogen and oxygen atoms in total. The molecule has 1 rings (SSSR count). The van der Waals surface area contributed by atoms with E-state index in [9.17, 15) is 4.79 Å². The van der Waals surface area contributed by atoms with Gasteiger partial charge >= 0.3 is 5.97 Å². The van der Waals surface area contributed by atoms with Crippen molar-refractivity contribution < 1.29 is 19.0 Å². The molecule has 1 aliphatic rings. The fraction of sp³-hybridized carbons (Fsp3) is 0.889. The molecule has 0 aromatic rings. The molecule has 0 saturated carbocycles. The highest BCUT2D eigenvalue weighted by Gasteiger charge is 2.33. The second kappa shape index (κ2) is 4.25. The van der Waals surface area contributed by atoms with Gasteiger partial charge in [0.25, 0.3) is 0 Å². The second-order valence-corrected chi connectivity index (χ2v) is 3.87. The molecule has 0 aliphatic carbocycles. The Morgan fingerprint density at radius 3 is 2.79 bits per heavy atom. The minimum atomic E-state index is -0.592. The monoisotopic (exact) mass is 203 g/mol. The van der Waals surface area contributed by atoms with Gasteiger partial charge in [0, 0.05) is 0 Å². The minimum absolute atomic E-state index is 0.187. The Morgan fingerprint density at radius 1 is 1.71 bits per heavy atom. The Labute approximate surface area is 83.5 Å². The van der Waals surface area contributed by atoms with Crippen LogP contribution >= 0.6 is 0 Å². The van der Waals surface area contributed by atoms with Gasteiger partial charge in [0.05, 0.1) is 6.61 Å². The average molecular weight is 203 g/mol. The summed E-state index contributed by atoms with van der Waals surface area (Å²) in [5.74, 6) is -0.996. The summed E-state index contributed by atoms with van der Waals surface area (Å²) in [5.41, 5.74) is 5.33. The van der Waals surface area contributed by atoms with Crippen molar-refractivity contribution in [3.63, 3.8) is 0 Å². The highest BCUT2D eigenvalue weighted by molar-refractivity contribution is 5.74. The van der Waals surface area contributed by atoms with Crippen molar-refractivity contribution >= 4 is 5.97 Å². The zero-order valence-corrected chi connectivity index (χ0v) is 8.78. The van der Waals surface area contributed by atoms with Crippen molar-refractivity contribution in [2.45, 2.75) is 38.7 Å². The van der Waals surface area contributed by atoms with Gasteiger partial charge in [0.1, 0.15) is 18.8 Å². The highest BCUT2D eigenvalue weighted by Crippen LogP contribution is 2.22. The third-order valence-corrected chi connectivity index (χ3v) is 1.85. The number of rotatable bonds is 3. The number of esters is 1. The van der Waals surface area contributed by atoms with E-state index < -0.39 is 17.8 Å². The molecule has 0 aromatic heterocycles. The molecule has 0 radical (unpaired) electrons. The number of carbonyl (C=O) groups is 1. The van der Waals surface area contributed by atoms with E-state index in [2.05, 4.69) is 0 Å². The van der Waals surface area contributed by atoms with Gasteiger partial charge in [-0.2, -0.15) is 0 Å². The Morgan fingerprint density at radius 2 is 2.36 bits per heavy atom. The normalized spacial score (nSPS) is 27.3. The lowest BCUT2D eigenvalue weighted by atomic mass is 10.3. The Kier molecular flexibility index (Phi) is 3.47. The Balaban J connectivity index is 2.24. The zero-order valence-electron chi connectivity index (χ0n) is 8.78. The number of hydrogen-bond acceptors (Lipinski definition) is 5. The summed E-state index contributed by atoms with van der Waals surface area (Å²) < 4.78 is 15.7. The molecule has 5 heteroatoms. The number of nitrogens with two attached hydrogens (primary N) is 1. The summed E-state index contributed by atoms with van der Waals surface area (Å²) >= 11 is 0. The number of carbonyl (C=O) groups excluding carboxylic acids is 1. The van der Waals surface area contributed by atoms with Crippen LogP contribution in [-0.2, 0) is 19.0 Å². The van der Waals surface area contributed by atoms with E-state index in [1.165, 1.54) is 0 Å². The molecule has 1 saturated heterocycles. The molecule has 2 N–H and O–H groups in total. The summed E-state index contributed by atoms with van der Waals surface area (Å²) in [4.78, 5) is 11.0. The summed E-state index contributed by atoms with van der Waals surface area (Å²) in [6, 6.07) is -0.592. The third-order valence-electron chi connectivity index (χ3n) is 1.85. The molecule has 0 spiro atoms. The summed E-state index contributed by atoms with van der Waals surface area (Å²) in [5, 5.41) is 0. The van der Waals surface area contributed by atoms with Gasteiger partial charge in [0.15, 0.2) is 5.79 Å². The second-order valence-electron chi connectivity index (χ2n) is 3.87. The van der Waals surface area contributed by atoms with Crippen LogP contribution in [0.5, 0.6) is 0 Å². The van der Waals surface area contributed by atoms with Crippen molar-refractivity contribution in [3.8, 4) is 0 Å². The molecule has 82 valence electrons. The fourth-order valence-electron chi connectivity index (χ4n) is 1.15. The van der Waals surface area contributed by atoms with E-state index in [-0.39, 0.29) is 12.7 Å². The topological polar surface area (TPSA) is 70.8 Å². The molecular weight excluding hydrogens is 186 g/mol. The van der Waals surface area contributed by atoms with Gasteiger partial charge in [-0.25, -0.2) is 0 Å². The lowest BCUT2D eigenvalue weighted by Crippen LogP contribution is -2.32. The van der Waals surface area contributed by atoms with E-state index in [1.807, 2.05) is 13.8 Å². The molecule has 2 atom stereocenters. The van der Waals surface area contributed by atoms with Crippen LogP contribution in [0.3, 0.4) is 0 Å². The van der Waals surface area contributed by atoms with Gasteiger partial charge in [0.2, 0.25) is 0 Å². The maximum absolute atomic E-state index is 11.0. The SMILES string of the molecule is CC(N)C(=O)OC[C@H]1COC(C)(C)O1. The molecule has 1 heterocycles. The van der Waals surface area contributed by atoms with Crippen LogP contribution in [0.2, 0.25) is 0 Å². The van der Waals surface area contributed by atoms with Crippen LogP contribution in [0.25, 0.3) is 0 Å². The molecule has 0 amide bonds. The Hall–Kier alpha value is -0.650. The molecule has 1 aliphatic heterocycles.